The summed E-state index contributed by atoms with van der Waals surface area (Å²) < 4.78 is 19.1. The molecule has 2 aromatic carbocycles. The number of nitrogens with zero attached hydrogens (tertiary/aromatic N) is 1. The van der Waals surface area contributed by atoms with Crippen LogP contribution in [0.25, 0.3) is 22.6 Å². The van der Waals surface area contributed by atoms with Gasteiger partial charge in [-0.05, 0) is 30.3 Å². The smallest absolute Gasteiger partial charge is 0.230 e. The average Bonchev–Trinajstić information content (AvgIpc) is 2.81. The van der Waals surface area contributed by atoms with Gasteiger partial charge in [0.15, 0.2) is 5.58 Å². The number of aromatic nitrogens is 1. The van der Waals surface area contributed by atoms with Gasteiger partial charge in [0.05, 0.1) is 5.56 Å². The molecule has 0 N–H and O–H groups in total. The Morgan fingerprint density at radius 1 is 1.17 bits per heavy atom. The van der Waals surface area contributed by atoms with Crippen molar-refractivity contribution in [3.8, 4) is 11.5 Å². The fourth-order valence-corrected chi connectivity index (χ4v) is 1.77. The Morgan fingerprint density at radius 2 is 2.00 bits per heavy atom. The monoisotopic (exact) mass is 241 g/mol. The summed E-state index contributed by atoms with van der Waals surface area (Å²) in [4.78, 5) is 14.8. The van der Waals surface area contributed by atoms with Crippen LogP contribution >= 0.6 is 0 Å². The molecule has 0 aliphatic carbocycles. The van der Waals surface area contributed by atoms with E-state index in [1.54, 1.807) is 36.4 Å². The van der Waals surface area contributed by atoms with Gasteiger partial charge in [-0.1, -0.05) is 12.1 Å². The molecule has 0 radical (unpaired) electrons. The number of oxazole rings is 1. The van der Waals surface area contributed by atoms with E-state index in [1.807, 2.05) is 0 Å². The first-order valence-electron chi connectivity index (χ1n) is 5.38. The molecule has 1 aromatic heterocycles. The van der Waals surface area contributed by atoms with Gasteiger partial charge in [0, 0.05) is 5.56 Å². The third-order valence-corrected chi connectivity index (χ3v) is 2.65. The molecule has 0 fully saturated rings. The van der Waals surface area contributed by atoms with E-state index in [2.05, 4.69) is 4.98 Å². The SMILES string of the molecule is O=Cc1ccc2oc(-c3ccccc3F)nc2c1. The van der Waals surface area contributed by atoms with Crippen molar-refractivity contribution >= 4 is 17.4 Å². The van der Waals surface area contributed by atoms with Gasteiger partial charge in [-0.3, -0.25) is 4.79 Å². The van der Waals surface area contributed by atoms with Crippen LogP contribution < -0.4 is 0 Å². The zero-order valence-electron chi connectivity index (χ0n) is 9.26. The largest absolute Gasteiger partial charge is 0.436 e. The van der Waals surface area contributed by atoms with E-state index in [4.69, 9.17) is 4.42 Å². The summed E-state index contributed by atoms with van der Waals surface area (Å²) in [7, 11) is 0. The van der Waals surface area contributed by atoms with Crippen molar-refractivity contribution in [1.82, 2.24) is 4.98 Å². The summed E-state index contributed by atoms with van der Waals surface area (Å²) in [5, 5.41) is 0. The molecule has 0 spiro atoms. The molecule has 0 saturated heterocycles. The molecule has 88 valence electrons. The van der Waals surface area contributed by atoms with Crippen LogP contribution in [0, 0.1) is 5.82 Å². The van der Waals surface area contributed by atoms with E-state index >= 15 is 0 Å². The maximum Gasteiger partial charge on any atom is 0.230 e. The molecule has 0 atom stereocenters. The molecule has 1 heterocycles. The zero-order chi connectivity index (χ0) is 12.5. The van der Waals surface area contributed by atoms with Gasteiger partial charge in [-0.15, -0.1) is 0 Å². The molecule has 0 saturated carbocycles. The molecule has 0 amide bonds. The summed E-state index contributed by atoms with van der Waals surface area (Å²) in [5.41, 5.74) is 1.88. The molecule has 0 aliphatic heterocycles. The minimum Gasteiger partial charge on any atom is -0.436 e. The van der Waals surface area contributed by atoms with Crippen LogP contribution in [0.2, 0.25) is 0 Å². The van der Waals surface area contributed by atoms with Crippen LogP contribution in [0.5, 0.6) is 0 Å². The summed E-state index contributed by atoms with van der Waals surface area (Å²) in [6.07, 6.45) is 0.733. The summed E-state index contributed by atoms with van der Waals surface area (Å²) in [5.74, 6) is -0.175. The summed E-state index contributed by atoms with van der Waals surface area (Å²) in [6.45, 7) is 0. The normalized spacial score (nSPS) is 10.7. The lowest BCUT2D eigenvalue weighted by Crippen LogP contribution is -1.82. The van der Waals surface area contributed by atoms with Crippen molar-refractivity contribution < 1.29 is 13.6 Å². The van der Waals surface area contributed by atoms with Crippen LogP contribution in [0.1, 0.15) is 10.4 Å². The molecule has 3 nitrogen and oxygen atoms in total. The highest BCUT2D eigenvalue weighted by atomic mass is 19.1. The lowest BCUT2D eigenvalue weighted by atomic mass is 10.2. The molecule has 0 unspecified atom stereocenters. The maximum atomic E-state index is 13.6. The Bertz CT molecular complexity index is 733. The van der Waals surface area contributed by atoms with E-state index < -0.39 is 0 Å². The highest BCUT2D eigenvalue weighted by Gasteiger charge is 2.12. The second kappa shape index (κ2) is 4.07. The van der Waals surface area contributed by atoms with Crippen molar-refractivity contribution in [3.05, 3.63) is 53.8 Å². The molecular formula is C14H8FNO2. The first-order valence-corrected chi connectivity index (χ1v) is 5.38. The zero-order valence-corrected chi connectivity index (χ0v) is 9.26. The van der Waals surface area contributed by atoms with Crippen molar-refractivity contribution in [3.63, 3.8) is 0 Å². The Balaban J connectivity index is 2.19. The number of rotatable bonds is 2. The lowest BCUT2D eigenvalue weighted by Gasteiger charge is -1.95. The van der Waals surface area contributed by atoms with E-state index in [9.17, 15) is 9.18 Å². The summed E-state index contributed by atoms with van der Waals surface area (Å²) >= 11 is 0. The minimum absolute atomic E-state index is 0.214. The first kappa shape index (κ1) is 10.7. The number of halogens is 1. The molecule has 18 heavy (non-hydrogen) atoms. The maximum absolute atomic E-state index is 13.6. The number of fused-ring (bicyclic) bond motifs is 1. The Hall–Kier alpha value is -2.49. The Labute approximate surface area is 102 Å². The van der Waals surface area contributed by atoms with Crippen LogP contribution in [0.15, 0.2) is 46.9 Å². The van der Waals surface area contributed by atoms with E-state index in [0.29, 0.717) is 22.2 Å². The number of aldehydes is 1. The highest BCUT2D eigenvalue weighted by Crippen LogP contribution is 2.26. The first-order chi connectivity index (χ1) is 8.78. The molecule has 0 bridgehead atoms. The minimum atomic E-state index is -0.389. The standard InChI is InChI=1S/C14H8FNO2/c15-11-4-2-1-3-10(11)14-16-12-7-9(8-17)5-6-13(12)18-14/h1-8H. The molecule has 3 aromatic rings. The molecule has 0 aliphatic rings. The molecule has 4 heteroatoms. The fraction of sp³-hybridized carbons (Fsp3) is 0. The van der Waals surface area contributed by atoms with Gasteiger partial charge in [0.2, 0.25) is 5.89 Å². The third-order valence-electron chi connectivity index (χ3n) is 2.65. The predicted octanol–water partition coefficient (Wildman–Crippen LogP) is 3.45. The van der Waals surface area contributed by atoms with Crippen LogP contribution in [-0.4, -0.2) is 11.3 Å². The average molecular weight is 241 g/mol. The number of hydrogen-bond acceptors (Lipinski definition) is 3. The van der Waals surface area contributed by atoms with Gasteiger partial charge >= 0.3 is 0 Å². The second-order valence-corrected chi connectivity index (χ2v) is 3.84. The van der Waals surface area contributed by atoms with Crippen molar-refractivity contribution in [2.24, 2.45) is 0 Å². The third kappa shape index (κ3) is 1.68. The topological polar surface area (TPSA) is 43.1 Å². The van der Waals surface area contributed by atoms with E-state index in [1.165, 1.54) is 6.07 Å². The second-order valence-electron chi connectivity index (χ2n) is 3.84. The fourth-order valence-electron chi connectivity index (χ4n) is 1.77. The number of benzene rings is 2. The Morgan fingerprint density at radius 3 is 2.78 bits per heavy atom. The highest BCUT2D eigenvalue weighted by molar-refractivity contribution is 5.84. The van der Waals surface area contributed by atoms with Crippen LogP contribution in [0.4, 0.5) is 4.39 Å². The number of carbonyl (C=O) groups excluding carboxylic acids is 1. The van der Waals surface area contributed by atoms with Crippen LogP contribution in [-0.2, 0) is 0 Å². The lowest BCUT2D eigenvalue weighted by molar-refractivity contribution is 0.112. The van der Waals surface area contributed by atoms with Crippen molar-refractivity contribution in [2.45, 2.75) is 0 Å². The summed E-state index contributed by atoms with van der Waals surface area (Å²) in [6, 6.07) is 11.1. The van der Waals surface area contributed by atoms with Gasteiger partial charge in [-0.2, -0.15) is 0 Å². The van der Waals surface area contributed by atoms with Crippen LogP contribution in [0.3, 0.4) is 0 Å². The Kier molecular flexibility index (Phi) is 2.41. The van der Waals surface area contributed by atoms with Gasteiger partial charge in [0.25, 0.3) is 0 Å². The molecular weight excluding hydrogens is 233 g/mol. The quantitative estimate of drug-likeness (QED) is 0.645. The van der Waals surface area contributed by atoms with E-state index in [-0.39, 0.29) is 11.7 Å². The van der Waals surface area contributed by atoms with Gasteiger partial charge in [-0.25, -0.2) is 9.37 Å². The van der Waals surface area contributed by atoms with Gasteiger partial charge in [0.1, 0.15) is 17.6 Å². The van der Waals surface area contributed by atoms with Crippen molar-refractivity contribution in [2.75, 3.05) is 0 Å². The number of carbonyl (C=O) groups is 1. The van der Waals surface area contributed by atoms with E-state index in [0.717, 1.165) is 6.29 Å². The predicted molar refractivity (Wildman–Crippen MR) is 64.8 cm³/mol. The molecule has 3 rings (SSSR count). The van der Waals surface area contributed by atoms with Crippen molar-refractivity contribution in [1.29, 1.82) is 0 Å². The van der Waals surface area contributed by atoms with Gasteiger partial charge < -0.3 is 4.42 Å². The number of hydrogen-bond donors (Lipinski definition) is 0.